The average Bonchev–Trinajstić information content (AvgIpc) is 2.12. The molecule has 0 aromatic rings. The van der Waals surface area contributed by atoms with Gasteiger partial charge in [0.25, 0.3) is 0 Å². The molecule has 0 spiro atoms. The zero-order valence-electron chi connectivity index (χ0n) is 7.83. The van der Waals surface area contributed by atoms with Crippen LogP contribution in [0.3, 0.4) is 0 Å². The molecule has 0 amide bonds. The maximum absolute atomic E-state index is 5.18. The van der Waals surface area contributed by atoms with Crippen LogP contribution >= 0.6 is 0 Å². The summed E-state index contributed by atoms with van der Waals surface area (Å²) in [6, 6.07) is 0. The van der Waals surface area contributed by atoms with Crippen LogP contribution in [0.1, 0.15) is 0 Å². The Morgan fingerprint density at radius 2 is 1.92 bits per heavy atom. The second-order valence-corrected chi connectivity index (χ2v) is 5.71. The number of rotatable bonds is 7. The van der Waals surface area contributed by atoms with E-state index in [1.807, 2.05) is 6.55 Å². The Bertz CT molecular complexity index is 125. The lowest BCUT2D eigenvalue weighted by Gasteiger charge is -2.21. The Balaban J connectivity index is 3.51. The molecule has 12 heavy (non-hydrogen) atoms. The minimum Gasteiger partial charge on any atom is -0.476 e. The fourth-order valence-corrected chi connectivity index (χ4v) is 1.38. The maximum Gasteiger partial charge on any atom is 0.361 e. The first kappa shape index (κ1) is 11.6. The molecular formula is C7H16O4Si. The van der Waals surface area contributed by atoms with Crippen molar-refractivity contribution in [1.82, 2.24) is 0 Å². The molecule has 0 N–H and O–H groups in total. The number of hydrogen-bond acceptors (Lipinski definition) is 4. The van der Waals surface area contributed by atoms with E-state index in [0.29, 0.717) is 6.23 Å². The zero-order chi connectivity index (χ0) is 9.45. The van der Waals surface area contributed by atoms with Gasteiger partial charge in [-0.1, -0.05) is 6.58 Å². The van der Waals surface area contributed by atoms with Crippen LogP contribution < -0.4 is 0 Å². The van der Waals surface area contributed by atoms with E-state index in [1.165, 1.54) is 6.26 Å². The van der Waals surface area contributed by atoms with E-state index in [0.717, 1.165) is 0 Å². The molecule has 0 aliphatic heterocycles. The summed E-state index contributed by atoms with van der Waals surface area (Å²) in [6.07, 6.45) is 1.78. The first-order chi connectivity index (χ1) is 5.68. The molecule has 0 radical (unpaired) electrons. The molecule has 0 atom stereocenters. The predicted octanol–water partition coefficient (Wildman–Crippen LogP) is 1.02. The van der Waals surface area contributed by atoms with Crippen LogP contribution in [0, 0.1) is 0 Å². The van der Waals surface area contributed by atoms with Crippen LogP contribution in [0.2, 0.25) is 6.55 Å². The summed E-state index contributed by atoms with van der Waals surface area (Å²) < 4.78 is 20.3. The van der Waals surface area contributed by atoms with Gasteiger partial charge in [0.15, 0.2) is 6.79 Å². The summed E-state index contributed by atoms with van der Waals surface area (Å²) in [6.45, 7) is 5.49. The number of ether oxygens (including phenoxy) is 2. The lowest BCUT2D eigenvalue weighted by atomic mass is 11.1. The van der Waals surface area contributed by atoms with Crippen molar-refractivity contribution in [2.24, 2.45) is 0 Å². The third-order valence-corrected chi connectivity index (χ3v) is 3.95. The summed E-state index contributed by atoms with van der Waals surface area (Å²) in [5, 5.41) is 0. The third kappa shape index (κ3) is 4.50. The van der Waals surface area contributed by atoms with Gasteiger partial charge in [0, 0.05) is 14.2 Å². The molecule has 0 aromatic carbocycles. The second-order valence-electron chi connectivity index (χ2n) is 2.34. The van der Waals surface area contributed by atoms with Gasteiger partial charge in [0.05, 0.1) is 12.5 Å². The van der Waals surface area contributed by atoms with Gasteiger partial charge in [-0.05, 0) is 6.55 Å². The summed E-state index contributed by atoms with van der Waals surface area (Å²) >= 11 is 0. The van der Waals surface area contributed by atoms with Crippen molar-refractivity contribution in [3.63, 3.8) is 0 Å². The quantitative estimate of drug-likeness (QED) is 0.261. The van der Waals surface area contributed by atoms with E-state index in [-0.39, 0.29) is 6.79 Å². The fourth-order valence-electron chi connectivity index (χ4n) is 0.524. The van der Waals surface area contributed by atoms with E-state index >= 15 is 0 Å². The van der Waals surface area contributed by atoms with Crippen LogP contribution in [0.5, 0.6) is 0 Å². The van der Waals surface area contributed by atoms with Gasteiger partial charge in [-0.15, -0.1) is 0 Å². The molecule has 0 aromatic heterocycles. The van der Waals surface area contributed by atoms with Crippen LogP contribution in [-0.2, 0) is 18.3 Å². The first-order valence-electron chi connectivity index (χ1n) is 3.59. The van der Waals surface area contributed by atoms with Gasteiger partial charge >= 0.3 is 8.56 Å². The van der Waals surface area contributed by atoms with Gasteiger partial charge in [-0.3, -0.25) is 0 Å². The predicted molar refractivity (Wildman–Crippen MR) is 47.7 cm³/mol. The van der Waals surface area contributed by atoms with Crippen LogP contribution in [0.15, 0.2) is 12.8 Å². The zero-order valence-corrected chi connectivity index (χ0v) is 8.83. The van der Waals surface area contributed by atoms with Crippen molar-refractivity contribution in [1.29, 1.82) is 0 Å². The molecular weight excluding hydrogens is 176 g/mol. The molecule has 0 fully saturated rings. The van der Waals surface area contributed by atoms with Crippen molar-refractivity contribution in [3.8, 4) is 0 Å². The van der Waals surface area contributed by atoms with Crippen molar-refractivity contribution in [3.05, 3.63) is 12.8 Å². The SMILES string of the molecule is C=COCOC[Si](C)(OC)OC. The summed E-state index contributed by atoms with van der Waals surface area (Å²) in [7, 11) is 1.15. The largest absolute Gasteiger partial charge is 0.476 e. The normalized spacial score (nSPS) is 11.2. The van der Waals surface area contributed by atoms with Gasteiger partial charge in [0.1, 0.15) is 0 Å². The summed E-state index contributed by atoms with van der Waals surface area (Å²) in [5.74, 6) is 0. The Hall–Kier alpha value is -0.363. The average molecular weight is 192 g/mol. The standard InChI is InChI=1S/C7H16O4Si/c1-5-10-6-11-7-12(4,8-2)9-3/h5H,1,6-7H2,2-4H3. The van der Waals surface area contributed by atoms with E-state index in [4.69, 9.17) is 18.3 Å². The number of hydrogen-bond donors (Lipinski definition) is 0. The minimum atomic E-state index is -2.08. The highest BCUT2D eigenvalue weighted by Gasteiger charge is 2.29. The Labute approximate surface area is 74.3 Å². The Morgan fingerprint density at radius 3 is 2.33 bits per heavy atom. The lowest BCUT2D eigenvalue weighted by Crippen LogP contribution is -2.42. The molecule has 0 bridgehead atoms. The second kappa shape index (κ2) is 6.19. The third-order valence-electron chi connectivity index (χ3n) is 1.50. The smallest absolute Gasteiger partial charge is 0.361 e. The van der Waals surface area contributed by atoms with E-state index in [1.54, 1.807) is 14.2 Å². The van der Waals surface area contributed by atoms with Crippen molar-refractivity contribution in [2.75, 3.05) is 27.2 Å². The maximum atomic E-state index is 5.18. The Morgan fingerprint density at radius 1 is 1.33 bits per heavy atom. The fraction of sp³-hybridized carbons (Fsp3) is 0.714. The molecule has 0 aliphatic rings. The van der Waals surface area contributed by atoms with Gasteiger partial charge in [0.2, 0.25) is 0 Å². The van der Waals surface area contributed by atoms with Gasteiger partial charge in [-0.2, -0.15) is 0 Å². The van der Waals surface area contributed by atoms with Crippen LogP contribution in [-0.4, -0.2) is 35.8 Å². The Kier molecular flexibility index (Phi) is 6.00. The van der Waals surface area contributed by atoms with Crippen LogP contribution in [0.4, 0.5) is 0 Å². The van der Waals surface area contributed by atoms with Crippen molar-refractivity contribution < 1.29 is 18.3 Å². The van der Waals surface area contributed by atoms with Crippen molar-refractivity contribution >= 4 is 8.56 Å². The molecule has 72 valence electrons. The summed E-state index contributed by atoms with van der Waals surface area (Å²) in [4.78, 5) is 0. The highest BCUT2D eigenvalue weighted by Crippen LogP contribution is 2.03. The first-order valence-corrected chi connectivity index (χ1v) is 6.11. The highest BCUT2D eigenvalue weighted by molar-refractivity contribution is 6.65. The molecule has 0 heterocycles. The molecule has 0 rings (SSSR count). The molecule has 0 saturated heterocycles. The highest BCUT2D eigenvalue weighted by atomic mass is 28.4. The van der Waals surface area contributed by atoms with E-state index in [2.05, 4.69) is 6.58 Å². The molecule has 0 saturated carbocycles. The molecule has 4 nitrogen and oxygen atoms in total. The van der Waals surface area contributed by atoms with E-state index < -0.39 is 8.56 Å². The van der Waals surface area contributed by atoms with Crippen molar-refractivity contribution in [2.45, 2.75) is 6.55 Å². The monoisotopic (exact) mass is 192 g/mol. The molecule has 5 heteroatoms. The topological polar surface area (TPSA) is 36.9 Å². The molecule has 0 aliphatic carbocycles. The lowest BCUT2D eigenvalue weighted by molar-refractivity contribution is -0.00346. The van der Waals surface area contributed by atoms with Crippen LogP contribution in [0.25, 0.3) is 0 Å². The van der Waals surface area contributed by atoms with Gasteiger partial charge in [-0.25, -0.2) is 0 Å². The van der Waals surface area contributed by atoms with E-state index in [9.17, 15) is 0 Å². The van der Waals surface area contributed by atoms with Gasteiger partial charge < -0.3 is 18.3 Å². The summed E-state index contributed by atoms with van der Waals surface area (Å²) in [5.41, 5.74) is 0. The minimum absolute atomic E-state index is 0.193. The molecule has 0 unspecified atom stereocenters.